The van der Waals surface area contributed by atoms with Crippen molar-refractivity contribution in [2.45, 2.75) is 13.8 Å². The molecule has 0 N–H and O–H groups in total. The first-order chi connectivity index (χ1) is 13.3. The molecule has 7 nitrogen and oxygen atoms in total. The van der Waals surface area contributed by atoms with Crippen LogP contribution in [0.15, 0.2) is 47.2 Å². The lowest BCUT2D eigenvalue weighted by Crippen LogP contribution is -2.26. The minimum atomic E-state index is -0.638. The summed E-state index contributed by atoms with van der Waals surface area (Å²) in [5, 5.41) is 17.2. The van der Waals surface area contributed by atoms with Crippen LogP contribution in [0.5, 0.6) is 0 Å². The maximum absolute atomic E-state index is 12.4. The van der Waals surface area contributed by atoms with Gasteiger partial charge < -0.3 is 4.74 Å². The van der Waals surface area contributed by atoms with Crippen LogP contribution in [0, 0.1) is 10.1 Å². The fourth-order valence-electron chi connectivity index (χ4n) is 2.73. The van der Waals surface area contributed by atoms with E-state index in [4.69, 9.17) is 27.9 Å². The number of benzene rings is 2. The van der Waals surface area contributed by atoms with Gasteiger partial charge in [0.15, 0.2) is 0 Å². The molecule has 2 aromatic carbocycles. The van der Waals surface area contributed by atoms with Gasteiger partial charge in [0.2, 0.25) is 0 Å². The van der Waals surface area contributed by atoms with Crippen LogP contribution in [-0.2, 0) is 4.74 Å². The van der Waals surface area contributed by atoms with Crippen molar-refractivity contribution in [3.63, 3.8) is 0 Å². The molecule has 0 aliphatic carbocycles. The standard InChI is InChI=1S/C19H15Cl2N3O4/c1-3-28-19(25)23-11(2)8-13-9-16(20)17(21)10-15(13)18(22-23)12-4-6-14(7-5-12)24(26)27/h4-10H,3H2,1-2H3. The second-order valence-electron chi connectivity index (χ2n) is 5.90. The zero-order valence-corrected chi connectivity index (χ0v) is 16.5. The highest BCUT2D eigenvalue weighted by Crippen LogP contribution is 2.32. The second-order valence-corrected chi connectivity index (χ2v) is 6.72. The van der Waals surface area contributed by atoms with E-state index >= 15 is 0 Å². The van der Waals surface area contributed by atoms with Crippen molar-refractivity contribution < 1.29 is 14.5 Å². The van der Waals surface area contributed by atoms with E-state index in [-0.39, 0.29) is 12.3 Å². The Morgan fingerprint density at radius 1 is 1.21 bits per heavy atom. The molecule has 0 spiro atoms. The Hall–Kier alpha value is -2.90. The van der Waals surface area contributed by atoms with Gasteiger partial charge in [-0.3, -0.25) is 10.1 Å². The van der Waals surface area contributed by atoms with E-state index in [0.717, 1.165) is 5.01 Å². The molecule has 1 amide bonds. The Labute approximate surface area is 171 Å². The Balaban J connectivity index is 2.21. The quantitative estimate of drug-likeness (QED) is 0.486. The minimum absolute atomic E-state index is 0.0520. The lowest BCUT2D eigenvalue weighted by atomic mass is 9.97. The smallest absolute Gasteiger partial charge is 0.434 e. The molecule has 0 fully saturated rings. The van der Waals surface area contributed by atoms with Crippen LogP contribution in [0.4, 0.5) is 10.5 Å². The third kappa shape index (κ3) is 3.85. The SMILES string of the molecule is CCOC(=O)N1N=C(c2ccc([N+](=O)[O-])cc2)c2cc(Cl)c(Cl)cc2C=C1C. The number of hydrogen-bond acceptors (Lipinski definition) is 5. The molecular formula is C19H15Cl2N3O4. The van der Waals surface area contributed by atoms with Crippen molar-refractivity contribution in [2.24, 2.45) is 5.10 Å². The predicted molar refractivity (Wildman–Crippen MR) is 108 cm³/mol. The lowest BCUT2D eigenvalue weighted by molar-refractivity contribution is -0.384. The van der Waals surface area contributed by atoms with Crippen LogP contribution in [-0.4, -0.2) is 28.3 Å². The number of rotatable bonds is 3. The number of hydrazone groups is 1. The van der Waals surface area contributed by atoms with Gasteiger partial charge in [-0.2, -0.15) is 10.1 Å². The topological polar surface area (TPSA) is 85.0 Å². The summed E-state index contributed by atoms with van der Waals surface area (Å²) in [5.41, 5.74) is 2.79. The van der Waals surface area contributed by atoms with E-state index in [1.807, 2.05) is 0 Å². The number of nitrogens with zero attached hydrogens (tertiary/aromatic N) is 3. The number of fused-ring (bicyclic) bond motifs is 1. The molecule has 9 heteroatoms. The highest BCUT2D eigenvalue weighted by Gasteiger charge is 2.24. The van der Waals surface area contributed by atoms with Gasteiger partial charge in [-0.25, -0.2) is 4.79 Å². The average Bonchev–Trinajstić information content (AvgIpc) is 2.79. The molecule has 1 heterocycles. The Kier molecular flexibility index (Phi) is 5.67. The van der Waals surface area contributed by atoms with E-state index < -0.39 is 11.0 Å². The molecule has 144 valence electrons. The monoisotopic (exact) mass is 419 g/mol. The number of allylic oxidation sites excluding steroid dienone is 1. The lowest BCUT2D eigenvalue weighted by Gasteiger charge is -2.17. The molecule has 0 saturated carbocycles. The number of halogens is 2. The van der Waals surface area contributed by atoms with Gasteiger partial charge in [-0.1, -0.05) is 23.2 Å². The van der Waals surface area contributed by atoms with Crippen molar-refractivity contribution in [3.05, 3.63) is 78.9 Å². The Morgan fingerprint density at radius 3 is 2.46 bits per heavy atom. The molecule has 0 atom stereocenters. The summed E-state index contributed by atoms with van der Waals surface area (Å²) in [6.45, 7) is 3.60. The van der Waals surface area contributed by atoms with Gasteiger partial charge in [-0.05, 0) is 49.8 Å². The average molecular weight is 420 g/mol. The van der Waals surface area contributed by atoms with Crippen molar-refractivity contribution in [1.29, 1.82) is 0 Å². The molecule has 1 aliphatic rings. The molecule has 0 unspecified atom stereocenters. The number of carbonyl (C=O) groups is 1. The summed E-state index contributed by atoms with van der Waals surface area (Å²) < 4.78 is 5.09. The highest BCUT2D eigenvalue weighted by atomic mass is 35.5. The molecule has 1 aliphatic heterocycles. The first-order valence-corrected chi connectivity index (χ1v) is 9.05. The van der Waals surface area contributed by atoms with Gasteiger partial charge in [-0.15, -0.1) is 0 Å². The van der Waals surface area contributed by atoms with Crippen LogP contribution in [0.3, 0.4) is 0 Å². The van der Waals surface area contributed by atoms with Crippen LogP contribution < -0.4 is 0 Å². The van der Waals surface area contributed by atoms with Crippen LogP contribution in [0.25, 0.3) is 6.08 Å². The molecule has 0 bridgehead atoms. The van der Waals surface area contributed by atoms with Crippen LogP contribution in [0.2, 0.25) is 10.0 Å². The molecule has 28 heavy (non-hydrogen) atoms. The van der Waals surface area contributed by atoms with Gasteiger partial charge in [0.1, 0.15) is 0 Å². The molecule has 0 saturated heterocycles. The summed E-state index contributed by atoms with van der Waals surface area (Å²) in [6, 6.07) is 9.19. The molecule has 0 radical (unpaired) electrons. The van der Waals surface area contributed by atoms with Crippen LogP contribution >= 0.6 is 23.2 Å². The van der Waals surface area contributed by atoms with Gasteiger partial charge >= 0.3 is 6.09 Å². The number of ether oxygens (including phenoxy) is 1. The number of amides is 1. The highest BCUT2D eigenvalue weighted by molar-refractivity contribution is 6.42. The van der Waals surface area contributed by atoms with E-state index in [1.165, 1.54) is 12.1 Å². The van der Waals surface area contributed by atoms with E-state index in [2.05, 4.69) is 5.10 Å². The number of non-ortho nitro benzene ring substituents is 1. The third-order valence-corrected chi connectivity index (χ3v) is 4.76. The van der Waals surface area contributed by atoms with Crippen molar-refractivity contribution >= 4 is 46.8 Å². The maximum Gasteiger partial charge on any atom is 0.434 e. The molecule has 2 aromatic rings. The normalized spacial score (nSPS) is 13.2. The third-order valence-electron chi connectivity index (χ3n) is 4.04. The summed E-state index contributed by atoms with van der Waals surface area (Å²) in [4.78, 5) is 22.8. The number of nitro groups is 1. The number of nitro benzene ring substituents is 1. The van der Waals surface area contributed by atoms with Gasteiger partial charge in [0.25, 0.3) is 5.69 Å². The minimum Gasteiger partial charge on any atom is -0.448 e. The van der Waals surface area contributed by atoms with Crippen LogP contribution in [0.1, 0.15) is 30.5 Å². The first kappa shape index (κ1) is 19.9. The largest absolute Gasteiger partial charge is 0.448 e. The van der Waals surface area contributed by atoms with Crippen molar-refractivity contribution in [2.75, 3.05) is 6.61 Å². The Bertz CT molecular complexity index is 1020. The second kappa shape index (κ2) is 8.00. The van der Waals surface area contributed by atoms with Gasteiger partial charge in [0.05, 0.1) is 27.3 Å². The van der Waals surface area contributed by atoms with Crippen molar-refractivity contribution in [3.8, 4) is 0 Å². The predicted octanol–water partition coefficient (Wildman–Crippen LogP) is 5.49. The molecular weight excluding hydrogens is 405 g/mol. The van der Waals surface area contributed by atoms with Crippen molar-refractivity contribution in [1.82, 2.24) is 5.01 Å². The van der Waals surface area contributed by atoms with E-state index in [0.29, 0.717) is 38.1 Å². The van der Waals surface area contributed by atoms with Gasteiger partial charge in [0, 0.05) is 29.0 Å². The molecule has 0 aromatic heterocycles. The summed E-state index contributed by atoms with van der Waals surface area (Å²) in [5.74, 6) is 0. The summed E-state index contributed by atoms with van der Waals surface area (Å²) in [7, 11) is 0. The number of carbonyl (C=O) groups excluding carboxylic acids is 1. The first-order valence-electron chi connectivity index (χ1n) is 8.29. The maximum atomic E-state index is 12.4. The fourth-order valence-corrected chi connectivity index (χ4v) is 3.07. The van der Waals surface area contributed by atoms with E-state index in [1.54, 1.807) is 44.2 Å². The molecule has 3 rings (SSSR count). The summed E-state index contributed by atoms with van der Waals surface area (Å²) in [6.07, 6.45) is 1.11. The Morgan fingerprint density at radius 2 is 1.86 bits per heavy atom. The zero-order valence-electron chi connectivity index (χ0n) is 15.0. The number of hydrogen-bond donors (Lipinski definition) is 0. The zero-order chi connectivity index (χ0) is 20.4. The summed E-state index contributed by atoms with van der Waals surface area (Å²) >= 11 is 12.4. The fraction of sp³-hybridized carbons (Fsp3) is 0.158. The van der Waals surface area contributed by atoms with E-state index in [9.17, 15) is 14.9 Å².